The van der Waals surface area contributed by atoms with Crippen molar-refractivity contribution < 1.29 is 5.11 Å². The maximum absolute atomic E-state index is 10.4. The van der Waals surface area contributed by atoms with Crippen LogP contribution in [0.5, 0.6) is 5.75 Å². The van der Waals surface area contributed by atoms with Crippen LogP contribution in [0, 0.1) is 5.92 Å². The normalized spacial score (nSPS) is 18.4. The summed E-state index contributed by atoms with van der Waals surface area (Å²) in [4.78, 5) is 2.44. The van der Waals surface area contributed by atoms with Gasteiger partial charge in [0.15, 0.2) is 0 Å². The molecule has 1 aromatic rings. The van der Waals surface area contributed by atoms with E-state index in [0.29, 0.717) is 10.9 Å². The molecular formula is C15H22BrClN2O. The van der Waals surface area contributed by atoms with E-state index in [1.165, 1.54) is 0 Å². The van der Waals surface area contributed by atoms with Crippen molar-refractivity contribution in [3.63, 3.8) is 0 Å². The Morgan fingerprint density at radius 2 is 2.00 bits per heavy atom. The highest BCUT2D eigenvalue weighted by Crippen LogP contribution is 2.42. The fourth-order valence-electron chi connectivity index (χ4n) is 2.76. The molecule has 3 nitrogen and oxygen atoms in total. The molecule has 0 radical (unpaired) electrons. The number of piperazine rings is 1. The summed E-state index contributed by atoms with van der Waals surface area (Å²) in [6.45, 7) is 8.40. The molecule has 1 heterocycles. The number of phenolic OH excluding ortho intramolecular Hbond substituents is 1. The minimum atomic E-state index is 0.199. The van der Waals surface area contributed by atoms with Crippen LogP contribution in [0.1, 0.15) is 31.9 Å². The first-order chi connectivity index (χ1) is 9.50. The van der Waals surface area contributed by atoms with Crippen LogP contribution in [0.4, 0.5) is 0 Å². The molecular weight excluding hydrogens is 340 g/mol. The summed E-state index contributed by atoms with van der Waals surface area (Å²) in [6.07, 6.45) is 1.01. The molecule has 20 heavy (non-hydrogen) atoms. The van der Waals surface area contributed by atoms with Crippen molar-refractivity contribution in [3.8, 4) is 5.75 Å². The maximum atomic E-state index is 10.4. The van der Waals surface area contributed by atoms with Gasteiger partial charge in [0.2, 0.25) is 0 Å². The first-order valence-corrected chi connectivity index (χ1v) is 8.29. The third kappa shape index (κ3) is 3.67. The zero-order valence-electron chi connectivity index (χ0n) is 12.0. The van der Waals surface area contributed by atoms with E-state index in [0.717, 1.165) is 42.6 Å². The lowest BCUT2D eigenvalue weighted by atomic mass is 9.94. The quantitative estimate of drug-likeness (QED) is 0.856. The summed E-state index contributed by atoms with van der Waals surface area (Å²) < 4.78 is 0.934. The van der Waals surface area contributed by atoms with E-state index in [-0.39, 0.29) is 11.8 Å². The van der Waals surface area contributed by atoms with Crippen LogP contribution >= 0.6 is 27.5 Å². The van der Waals surface area contributed by atoms with E-state index in [4.69, 9.17) is 11.6 Å². The molecule has 0 aliphatic carbocycles. The molecule has 1 atom stereocenters. The molecule has 0 spiro atoms. The average Bonchev–Trinajstić information content (AvgIpc) is 2.43. The van der Waals surface area contributed by atoms with Crippen LogP contribution in [-0.2, 0) is 0 Å². The van der Waals surface area contributed by atoms with E-state index in [9.17, 15) is 5.11 Å². The molecule has 0 unspecified atom stereocenters. The van der Waals surface area contributed by atoms with Crippen LogP contribution in [0.2, 0.25) is 5.02 Å². The standard InChI is InChI=1S/C15H22BrClN2O/c1-10(2)9-13(19-7-5-18-6-8-19)14-11(16)3-4-12(17)15(14)20/h3-4,10,13,18,20H,5-9H2,1-2H3/t13-/m0/s1. The maximum Gasteiger partial charge on any atom is 0.140 e. The van der Waals surface area contributed by atoms with Crippen LogP contribution in [0.3, 0.4) is 0 Å². The third-order valence-electron chi connectivity index (χ3n) is 3.73. The molecule has 2 rings (SSSR count). The largest absolute Gasteiger partial charge is 0.506 e. The molecule has 112 valence electrons. The molecule has 2 N–H and O–H groups in total. The molecule has 0 aromatic heterocycles. The minimum absolute atomic E-state index is 0.199. The molecule has 0 bridgehead atoms. The Labute approximate surface area is 134 Å². The van der Waals surface area contributed by atoms with E-state index >= 15 is 0 Å². The summed E-state index contributed by atoms with van der Waals surface area (Å²) in [5.74, 6) is 0.769. The Hall–Kier alpha value is -0.290. The Morgan fingerprint density at radius 1 is 1.35 bits per heavy atom. The van der Waals surface area contributed by atoms with Gasteiger partial charge in [-0.3, -0.25) is 4.90 Å². The highest BCUT2D eigenvalue weighted by Gasteiger charge is 2.27. The highest BCUT2D eigenvalue weighted by atomic mass is 79.9. The van der Waals surface area contributed by atoms with Gasteiger partial charge in [0, 0.05) is 42.3 Å². The summed E-state index contributed by atoms with van der Waals surface area (Å²) in [5, 5.41) is 14.2. The van der Waals surface area contributed by atoms with Gasteiger partial charge < -0.3 is 10.4 Å². The number of aromatic hydroxyl groups is 1. The second-order valence-electron chi connectivity index (χ2n) is 5.72. The lowest BCUT2D eigenvalue weighted by Gasteiger charge is -2.37. The van der Waals surface area contributed by atoms with E-state index in [2.05, 4.69) is 40.0 Å². The van der Waals surface area contributed by atoms with Gasteiger partial charge in [0.1, 0.15) is 5.75 Å². The van der Waals surface area contributed by atoms with Gasteiger partial charge in [-0.1, -0.05) is 41.4 Å². The lowest BCUT2D eigenvalue weighted by Crippen LogP contribution is -2.45. The van der Waals surface area contributed by atoms with Crippen LogP contribution in [0.15, 0.2) is 16.6 Å². The predicted octanol–water partition coefficient (Wildman–Crippen LogP) is 3.80. The summed E-state index contributed by atoms with van der Waals surface area (Å²) in [5.41, 5.74) is 0.924. The van der Waals surface area contributed by atoms with Gasteiger partial charge in [0.25, 0.3) is 0 Å². The fraction of sp³-hybridized carbons (Fsp3) is 0.600. The van der Waals surface area contributed by atoms with Crippen molar-refractivity contribution in [1.29, 1.82) is 0 Å². The fourth-order valence-corrected chi connectivity index (χ4v) is 3.51. The van der Waals surface area contributed by atoms with Gasteiger partial charge >= 0.3 is 0 Å². The minimum Gasteiger partial charge on any atom is -0.506 e. The van der Waals surface area contributed by atoms with Crippen LogP contribution in [-0.4, -0.2) is 36.2 Å². The molecule has 5 heteroatoms. The first-order valence-electron chi connectivity index (χ1n) is 7.12. The SMILES string of the molecule is CC(C)C[C@@H](c1c(Br)ccc(Cl)c1O)N1CCNCC1. The van der Waals surface area contributed by atoms with Gasteiger partial charge in [0.05, 0.1) is 5.02 Å². The Kier molecular flexibility index (Phi) is 5.73. The monoisotopic (exact) mass is 360 g/mol. The molecule has 1 aliphatic rings. The molecule has 0 saturated carbocycles. The first kappa shape index (κ1) is 16.1. The van der Waals surface area contributed by atoms with E-state index in [1.807, 2.05) is 6.07 Å². The number of nitrogens with one attached hydrogen (secondary N) is 1. The number of phenols is 1. The van der Waals surface area contributed by atoms with Crippen molar-refractivity contribution in [2.75, 3.05) is 26.2 Å². The Bertz CT molecular complexity index is 461. The third-order valence-corrected chi connectivity index (χ3v) is 4.73. The summed E-state index contributed by atoms with van der Waals surface area (Å²) in [7, 11) is 0. The number of halogens is 2. The van der Waals surface area contributed by atoms with Gasteiger partial charge in [-0.25, -0.2) is 0 Å². The number of hydrogen-bond donors (Lipinski definition) is 2. The zero-order chi connectivity index (χ0) is 14.7. The zero-order valence-corrected chi connectivity index (χ0v) is 14.3. The molecule has 1 saturated heterocycles. The Balaban J connectivity index is 2.37. The number of benzene rings is 1. The summed E-state index contributed by atoms with van der Waals surface area (Å²) in [6, 6.07) is 3.85. The predicted molar refractivity (Wildman–Crippen MR) is 87.5 cm³/mol. The topological polar surface area (TPSA) is 35.5 Å². The second-order valence-corrected chi connectivity index (χ2v) is 6.98. The molecule has 1 aromatic carbocycles. The molecule has 1 fully saturated rings. The summed E-state index contributed by atoms with van der Waals surface area (Å²) >= 11 is 9.68. The van der Waals surface area contributed by atoms with Gasteiger partial charge in [-0.05, 0) is 24.5 Å². The lowest BCUT2D eigenvalue weighted by molar-refractivity contribution is 0.151. The second kappa shape index (κ2) is 7.12. The van der Waals surface area contributed by atoms with Crippen LogP contribution < -0.4 is 5.32 Å². The number of nitrogens with zero attached hydrogens (tertiary/aromatic N) is 1. The van der Waals surface area contributed by atoms with Crippen molar-refractivity contribution in [1.82, 2.24) is 10.2 Å². The molecule has 0 amide bonds. The van der Waals surface area contributed by atoms with Crippen molar-refractivity contribution >= 4 is 27.5 Å². The number of hydrogen-bond acceptors (Lipinski definition) is 3. The van der Waals surface area contributed by atoms with Crippen molar-refractivity contribution in [3.05, 3.63) is 27.2 Å². The van der Waals surface area contributed by atoms with Crippen molar-refractivity contribution in [2.45, 2.75) is 26.3 Å². The van der Waals surface area contributed by atoms with E-state index in [1.54, 1.807) is 6.07 Å². The van der Waals surface area contributed by atoms with Crippen LogP contribution in [0.25, 0.3) is 0 Å². The van der Waals surface area contributed by atoms with E-state index < -0.39 is 0 Å². The number of rotatable bonds is 4. The average molecular weight is 362 g/mol. The van der Waals surface area contributed by atoms with Crippen molar-refractivity contribution in [2.24, 2.45) is 5.92 Å². The van der Waals surface area contributed by atoms with Gasteiger partial charge in [-0.15, -0.1) is 0 Å². The molecule has 1 aliphatic heterocycles. The smallest absolute Gasteiger partial charge is 0.140 e. The highest BCUT2D eigenvalue weighted by molar-refractivity contribution is 9.10. The van der Waals surface area contributed by atoms with Gasteiger partial charge in [-0.2, -0.15) is 0 Å². The Morgan fingerprint density at radius 3 is 2.60 bits per heavy atom.